The maximum absolute atomic E-state index is 11.2. The third-order valence-electron chi connectivity index (χ3n) is 4.43. The third-order valence-corrected chi connectivity index (χ3v) is 4.43. The van der Waals surface area contributed by atoms with Crippen LogP contribution in [0.4, 0.5) is 5.82 Å². The Kier molecular flexibility index (Phi) is 2.37. The van der Waals surface area contributed by atoms with Crippen LogP contribution in [0, 0.1) is 0 Å². The maximum atomic E-state index is 11.2. The molecule has 0 radical (unpaired) electrons. The van der Waals surface area contributed by atoms with E-state index in [2.05, 4.69) is 15.3 Å². The zero-order valence-corrected chi connectivity index (χ0v) is 12.1. The molecule has 1 N–H and O–H groups in total. The number of rotatable bonds is 3. The van der Waals surface area contributed by atoms with E-state index in [9.17, 15) is 9.90 Å². The molecule has 8 nitrogen and oxygen atoms in total. The molecule has 0 spiro atoms. The van der Waals surface area contributed by atoms with E-state index in [1.807, 2.05) is 17.0 Å². The van der Waals surface area contributed by atoms with Crippen molar-refractivity contribution in [3.8, 4) is 0 Å². The van der Waals surface area contributed by atoms with Gasteiger partial charge in [0.25, 0.3) is 0 Å². The van der Waals surface area contributed by atoms with E-state index in [1.165, 1.54) is 6.26 Å². The molecule has 116 valence electrons. The average Bonchev–Trinajstić information content (AvgIpc) is 2.98. The number of nitrogens with zero attached hydrogens (tertiary/aromatic N) is 5. The van der Waals surface area contributed by atoms with Gasteiger partial charge in [-0.3, -0.25) is 0 Å². The zero-order chi connectivity index (χ0) is 15.6. The van der Waals surface area contributed by atoms with Crippen LogP contribution >= 0.6 is 0 Å². The summed E-state index contributed by atoms with van der Waals surface area (Å²) in [6.45, 7) is 0.995. The van der Waals surface area contributed by atoms with Gasteiger partial charge in [-0.1, -0.05) is 0 Å². The van der Waals surface area contributed by atoms with Gasteiger partial charge in [0.05, 0.1) is 6.54 Å². The molecule has 3 aromatic rings. The van der Waals surface area contributed by atoms with Gasteiger partial charge in [-0.2, -0.15) is 4.52 Å². The summed E-state index contributed by atoms with van der Waals surface area (Å²) in [6, 6.07) is 3.77. The number of hydrogen-bond donors (Lipinski definition) is 1. The second-order valence-corrected chi connectivity index (χ2v) is 6.01. The lowest BCUT2D eigenvalue weighted by molar-refractivity contribution is 0.0695. The third kappa shape index (κ3) is 1.84. The first-order valence-corrected chi connectivity index (χ1v) is 7.50. The van der Waals surface area contributed by atoms with Crippen LogP contribution in [-0.2, 0) is 13.1 Å². The van der Waals surface area contributed by atoms with Crippen molar-refractivity contribution in [2.75, 3.05) is 4.90 Å². The molecule has 1 aliphatic heterocycles. The standard InChI is InChI=1S/C15H13N5O3/c21-15(22)10-7-23-11-6-19(5-9(10)11)13-4-3-12-16-17-14(8-1-2-8)20(12)18-13/h3-4,7-8H,1-2,5-6H2,(H,21,22). The molecule has 4 heterocycles. The minimum Gasteiger partial charge on any atom is -0.478 e. The Morgan fingerprint density at radius 3 is 2.91 bits per heavy atom. The molecule has 0 unspecified atom stereocenters. The van der Waals surface area contributed by atoms with Gasteiger partial charge in [-0.15, -0.1) is 15.3 Å². The van der Waals surface area contributed by atoms with Crippen LogP contribution < -0.4 is 4.90 Å². The molecular formula is C15H13N5O3. The fraction of sp³-hybridized carbons (Fsp3) is 0.333. The summed E-state index contributed by atoms with van der Waals surface area (Å²) in [6.07, 6.45) is 3.58. The molecule has 0 atom stereocenters. The number of furan rings is 1. The van der Waals surface area contributed by atoms with Crippen LogP contribution in [0.3, 0.4) is 0 Å². The lowest BCUT2D eigenvalue weighted by atomic mass is 10.2. The van der Waals surface area contributed by atoms with Crippen molar-refractivity contribution in [1.29, 1.82) is 0 Å². The monoisotopic (exact) mass is 311 g/mol. The van der Waals surface area contributed by atoms with E-state index in [4.69, 9.17) is 4.42 Å². The highest BCUT2D eigenvalue weighted by Gasteiger charge is 2.31. The summed E-state index contributed by atoms with van der Waals surface area (Å²) < 4.78 is 7.18. The molecule has 0 bridgehead atoms. The quantitative estimate of drug-likeness (QED) is 0.788. The van der Waals surface area contributed by atoms with E-state index in [0.29, 0.717) is 24.8 Å². The smallest absolute Gasteiger partial charge is 0.339 e. The topological polar surface area (TPSA) is 96.8 Å². The predicted octanol–water partition coefficient (Wildman–Crippen LogP) is 1.81. The van der Waals surface area contributed by atoms with Gasteiger partial charge in [0.15, 0.2) is 11.5 Å². The van der Waals surface area contributed by atoms with Crippen molar-refractivity contribution in [3.63, 3.8) is 0 Å². The second-order valence-electron chi connectivity index (χ2n) is 6.01. The summed E-state index contributed by atoms with van der Waals surface area (Å²) >= 11 is 0. The van der Waals surface area contributed by atoms with Gasteiger partial charge < -0.3 is 14.4 Å². The highest BCUT2D eigenvalue weighted by atomic mass is 16.4. The van der Waals surface area contributed by atoms with Crippen LogP contribution in [0.1, 0.15) is 46.3 Å². The van der Waals surface area contributed by atoms with E-state index in [0.717, 1.165) is 35.7 Å². The number of aromatic nitrogens is 4. The van der Waals surface area contributed by atoms with Crippen molar-refractivity contribution in [2.24, 2.45) is 0 Å². The molecular weight excluding hydrogens is 298 g/mol. The molecule has 23 heavy (non-hydrogen) atoms. The Bertz CT molecular complexity index is 940. The Labute approximate surface area is 130 Å². The Morgan fingerprint density at radius 1 is 1.26 bits per heavy atom. The molecule has 0 saturated heterocycles. The maximum Gasteiger partial charge on any atom is 0.339 e. The molecule has 3 aromatic heterocycles. The minimum absolute atomic E-state index is 0.228. The second kappa shape index (κ2) is 4.31. The highest BCUT2D eigenvalue weighted by molar-refractivity contribution is 5.89. The van der Waals surface area contributed by atoms with Crippen LogP contribution in [0.25, 0.3) is 5.65 Å². The van der Waals surface area contributed by atoms with E-state index < -0.39 is 5.97 Å². The van der Waals surface area contributed by atoms with Crippen molar-refractivity contribution in [3.05, 3.63) is 41.1 Å². The normalized spacial score (nSPS) is 17.0. The van der Waals surface area contributed by atoms with Gasteiger partial charge in [0.1, 0.15) is 23.4 Å². The molecule has 0 aromatic carbocycles. The SMILES string of the molecule is O=C(O)c1coc2c1CN(c1ccc3nnc(C4CC4)n3n1)C2. The lowest BCUT2D eigenvalue weighted by Gasteiger charge is -2.16. The number of carboxylic acid groups (broad SMARTS) is 1. The fourth-order valence-corrected chi connectivity index (χ4v) is 3.05. The van der Waals surface area contributed by atoms with Crippen molar-refractivity contribution >= 4 is 17.4 Å². The van der Waals surface area contributed by atoms with E-state index in [-0.39, 0.29) is 5.56 Å². The largest absolute Gasteiger partial charge is 0.478 e. The van der Waals surface area contributed by atoms with Crippen molar-refractivity contribution in [1.82, 2.24) is 19.8 Å². The highest BCUT2D eigenvalue weighted by Crippen LogP contribution is 2.39. The molecule has 2 aliphatic rings. The summed E-state index contributed by atoms with van der Waals surface area (Å²) in [4.78, 5) is 13.2. The number of carboxylic acids is 1. The summed E-state index contributed by atoms with van der Waals surface area (Å²) in [5.41, 5.74) is 1.69. The van der Waals surface area contributed by atoms with Crippen LogP contribution in [0.15, 0.2) is 22.8 Å². The molecule has 5 rings (SSSR count). The van der Waals surface area contributed by atoms with E-state index in [1.54, 1.807) is 4.52 Å². The minimum atomic E-state index is -0.963. The van der Waals surface area contributed by atoms with Crippen molar-refractivity contribution in [2.45, 2.75) is 31.8 Å². The van der Waals surface area contributed by atoms with Gasteiger partial charge in [0.2, 0.25) is 0 Å². The van der Waals surface area contributed by atoms with Crippen LogP contribution in [0.2, 0.25) is 0 Å². The Morgan fingerprint density at radius 2 is 2.13 bits per heavy atom. The molecule has 8 heteroatoms. The summed E-state index contributed by atoms with van der Waals surface area (Å²) in [7, 11) is 0. The van der Waals surface area contributed by atoms with Gasteiger partial charge >= 0.3 is 5.97 Å². The first-order valence-electron chi connectivity index (χ1n) is 7.50. The van der Waals surface area contributed by atoms with Gasteiger partial charge in [-0.05, 0) is 25.0 Å². The molecule has 1 fully saturated rings. The van der Waals surface area contributed by atoms with Gasteiger partial charge in [0, 0.05) is 18.0 Å². The first kappa shape index (κ1) is 12.6. The molecule has 1 saturated carbocycles. The number of hydrogen-bond acceptors (Lipinski definition) is 6. The predicted molar refractivity (Wildman–Crippen MR) is 78.3 cm³/mol. The number of fused-ring (bicyclic) bond motifs is 2. The van der Waals surface area contributed by atoms with Crippen LogP contribution in [-0.4, -0.2) is 30.9 Å². The van der Waals surface area contributed by atoms with Crippen molar-refractivity contribution < 1.29 is 14.3 Å². The number of aromatic carboxylic acids is 1. The average molecular weight is 311 g/mol. The Hall–Kier alpha value is -2.90. The summed E-state index contributed by atoms with van der Waals surface area (Å²) in [5.74, 6) is 1.86. The molecule has 1 aliphatic carbocycles. The van der Waals surface area contributed by atoms with E-state index >= 15 is 0 Å². The fourth-order valence-electron chi connectivity index (χ4n) is 3.05. The van der Waals surface area contributed by atoms with Crippen LogP contribution in [0.5, 0.6) is 0 Å². The zero-order valence-electron chi connectivity index (χ0n) is 12.1. The van der Waals surface area contributed by atoms with Gasteiger partial charge in [-0.25, -0.2) is 4.79 Å². The number of anilines is 1. The number of carbonyl (C=O) groups is 1. The molecule has 0 amide bonds. The lowest BCUT2D eigenvalue weighted by Crippen LogP contribution is -2.18. The Balaban J connectivity index is 1.52. The first-order chi connectivity index (χ1) is 11.2. The summed E-state index contributed by atoms with van der Waals surface area (Å²) in [5, 5.41) is 22.2.